The third kappa shape index (κ3) is 3.75. The van der Waals surface area contributed by atoms with Crippen molar-refractivity contribution in [1.29, 1.82) is 0 Å². The summed E-state index contributed by atoms with van der Waals surface area (Å²) in [4.78, 5) is 29.9. The first-order chi connectivity index (χ1) is 14.3. The van der Waals surface area contributed by atoms with Gasteiger partial charge in [-0.3, -0.25) is 19.5 Å². The van der Waals surface area contributed by atoms with Gasteiger partial charge in [-0.2, -0.15) is 0 Å². The van der Waals surface area contributed by atoms with Gasteiger partial charge in [-0.05, 0) is 48.6 Å². The molecule has 1 N–H and O–H groups in total. The lowest BCUT2D eigenvalue weighted by molar-refractivity contribution is 0.0639. The molecule has 0 unspecified atom stereocenters. The van der Waals surface area contributed by atoms with Crippen LogP contribution in [0.1, 0.15) is 59.0 Å². The number of halogens is 1. The molecule has 0 saturated heterocycles. The Bertz CT molecular complexity index is 1080. The van der Waals surface area contributed by atoms with E-state index in [0.717, 1.165) is 42.7 Å². The van der Waals surface area contributed by atoms with Gasteiger partial charge in [-0.1, -0.05) is 25.8 Å². The fourth-order valence-electron chi connectivity index (χ4n) is 4.09. The van der Waals surface area contributed by atoms with Crippen LogP contribution in [-0.2, 0) is 16.6 Å². The highest BCUT2D eigenvalue weighted by Crippen LogP contribution is 2.28. The highest BCUT2D eigenvalue weighted by molar-refractivity contribution is 7.89. The molecule has 2 heterocycles. The molecule has 2 aliphatic rings. The van der Waals surface area contributed by atoms with Gasteiger partial charge >= 0.3 is 0 Å². The van der Waals surface area contributed by atoms with Crippen LogP contribution in [0.4, 0.5) is 4.39 Å². The molecule has 158 valence electrons. The molecule has 2 atom stereocenters. The minimum absolute atomic E-state index is 0.0307. The smallest absolute Gasteiger partial charge is 0.268 e. The van der Waals surface area contributed by atoms with E-state index in [1.165, 1.54) is 18.3 Å². The predicted molar refractivity (Wildman–Crippen MR) is 107 cm³/mol. The maximum atomic E-state index is 14.0. The number of nitrogens with one attached hydrogen (secondary N) is 1. The van der Waals surface area contributed by atoms with Crippen LogP contribution in [0, 0.1) is 11.7 Å². The average Bonchev–Trinajstić information content (AvgIpc) is 2.96. The number of hydrogen-bond acceptors (Lipinski definition) is 5. The number of benzene rings is 1. The summed E-state index contributed by atoms with van der Waals surface area (Å²) in [5.74, 6) is -1.69. The van der Waals surface area contributed by atoms with Crippen molar-refractivity contribution in [2.45, 2.75) is 50.1 Å². The molecule has 1 aliphatic carbocycles. The SMILES string of the molecule is C[C@@H]1CCCC[C@H]1NS(=O)(=O)c1cc(F)ccc1CN1C(=O)c2cccnc2C1=O. The first kappa shape index (κ1) is 20.6. The Morgan fingerprint density at radius 2 is 1.93 bits per heavy atom. The summed E-state index contributed by atoms with van der Waals surface area (Å²) >= 11 is 0. The first-order valence-corrected chi connectivity index (χ1v) is 11.4. The lowest BCUT2D eigenvalue weighted by Gasteiger charge is -2.29. The van der Waals surface area contributed by atoms with Gasteiger partial charge in [0.1, 0.15) is 11.5 Å². The molecule has 1 saturated carbocycles. The van der Waals surface area contributed by atoms with Crippen molar-refractivity contribution < 1.29 is 22.4 Å². The minimum Gasteiger partial charge on any atom is -0.268 e. The van der Waals surface area contributed by atoms with E-state index in [2.05, 4.69) is 9.71 Å². The molecule has 4 rings (SSSR count). The van der Waals surface area contributed by atoms with E-state index in [9.17, 15) is 22.4 Å². The normalized spacial score (nSPS) is 21.7. The molecule has 2 amide bonds. The van der Waals surface area contributed by atoms with Crippen LogP contribution in [0.2, 0.25) is 0 Å². The summed E-state index contributed by atoms with van der Waals surface area (Å²) in [6.45, 7) is 1.70. The standard InChI is InChI=1S/C21H22FN3O4S/c1-13-5-2-3-7-17(13)24-30(28,29)18-11-15(22)9-8-14(18)12-25-20(26)16-6-4-10-23-19(16)21(25)27/h4,6,8-11,13,17,24H,2-3,5,7,12H2,1H3/t13-,17-/m1/s1. The molecule has 30 heavy (non-hydrogen) atoms. The second-order valence-corrected chi connectivity index (χ2v) is 9.52. The van der Waals surface area contributed by atoms with Gasteiger partial charge in [-0.25, -0.2) is 17.5 Å². The van der Waals surface area contributed by atoms with Crippen molar-refractivity contribution in [2.75, 3.05) is 0 Å². The van der Waals surface area contributed by atoms with Crippen molar-refractivity contribution >= 4 is 21.8 Å². The second-order valence-electron chi connectivity index (χ2n) is 7.84. The van der Waals surface area contributed by atoms with Gasteiger partial charge in [0.15, 0.2) is 0 Å². The van der Waals surface area contributed by atoms with Crippen molar-refractivity contribution in [3.63, 3.8) is 0 Å². The topological polar surface area (TPSA) is 96.4 Å². The number of pyridine rings is 1. The molecule has 7 nitrogen and oxygen atoms in total. The molecule has 2 aromatic rings. The molecule has 1 fully saturated rings. The lowest BCUT2D eigenvalue weighted by Crippen LogP contribution is -2.41. The van der Waals surface area contributed by atoms with Crippen LogP contribution in [0.5, 0.6) is 0 Å². The molecule has 1 aromatic carbocycles. The number of hydrogen-bond donors (Lipinski definition) is 1. The number of imide groups is 1. The number of carbonyl (C=O) groups excluding carboxylic acids is 2. The lowest BCUT2D eigenvalue weighted by atomic mass is 9.87. The third-order valence-electron chi connectivity index (χ3n) is 5.80. The van der Waals surface area contributed by atoms with Gasteiger partial charge in [0.2, 0.25) is 10.0 Å². The van der Waals surface area contributed by atoms with Crippen molar-refractivity contribution in [3.05, 3.63) is 59.2 Å². The molecule has 0 bridgehead atoms. The largest absolute Gasteiger partial charge is 0.280 e. The summed E-state index contributed by atoms with van der Waals surface area (Å²) in [6.07, 6.45) is 5.03. The second kappa shape index (κ2) is 7.88. The Hall–Kier alpha value is -2.65. The number of aromatic nitrogens is 1. The Morgan fingerprint density at radius 1 is 1.17 bits per heavy atom. The number of nitrogens with zero attached hydrogens (tertiary/aromatic N) is 2. The molecule has 1 aromatic heterocycles. The molecule has 0 radical (unpaired) electrons. The molecule has 0 spiro atoms. The monoisotopic (exact) mass is 431 g/mol. The number of amides is 2. The van der Waals surface area contributed by atoms with Crippen molar-refractivity contribution in [1.82, 2.24) is 14.6 Å². The van der Waals surface area contributed by atoms with E-state index in [1.807, 2.05) is 6.92 Å². The number of sulfonamides is 1. The molecular formula is C21H22FN3O4S. The fraction of sp³-hybridized carbons (Fsp3) is 0.381. The summed E-state index contributed by atoms with van der Waals surface area (Å²) in [5, 5.41) is 0. The van der Waals surface area contributed by atoms with Gasteiger partial charge in [-0.15, -0.1) is 0 Å². The van der Waals surface area contributed by atoms with Crippen LogP contribution in [0.3, 0.4) is 0 Å². The Morgan fingerprint density at radius 3 is 2.67 bits per heavy atom. The molecular weight excluding hydrogens is 409 g/mol. The minimum atomic E-state index is -4.04. The summed E-state index contributed by atoms with van der Waals surface area (Å²) in [5.41, 5.74) is 0.369. The molecule has 9 heteroatoms. The highest BCUT2D eigenvalue weighted by Gasteiger charge is 2.38. The summed E-state index contributed by atoms with van der Waals surface area (Å²) in [6, 6.07) is 6.16. The van der Waals surface area contributed by atoms with Gasteiger partial charge in [0, 0.05) is 12.2 Å². The third-order valence-corrected chi connectivity index (χ3v) is 7.37. The van der Waals surface area contributed by atoms with E-state index < -0.39 is 27.7 Å². The van der Waals surface area contributed by atoms with Crippen LogP contribution >= 0.6 is 0 Å². The Kier molecular flexibility index (Phi) is 5.42. The number of fused-ring (bicyclic) bond motifs is 1. The summed E-state index contributed by atoms with van der Waals surface area (Å²) < 4.78 is 42.9. The van der Waals surface area contributed by atoms with E-state index in [0.29, 0.717) is 0 Å². The van der Waals surface area contributed by atoms with Gasteiger partial charge in [0.05, 0.1) is 17.0 Å². The first-order valence-electron chi connectivity index (χ1n) is 9.90. The zero-order valence-corrected chi connectivity index (χ0v) is 17.3. The zero-order valence-electron chi connectivity index (χ0n) is 16.5. The number of rotatable bonds is 5. The number of carbonyl (C=O) groups is 2. The van der Waals surface area contributed by atoms with E-state index >= 15 is 0 Å². The maximum absolute atomic E-state index is 14.0. The summed E-state index contributed by atoms with van der Waals surface area (Å²) in [7, 11) is -4.04. The quantitative estimate of drug-likeness (QED) is 0.735. The van der Waals surface area contributed by atoms with Crippen molar-refractivity contribution in [2.24, 2.45) is 5.92 Å². The fourth-order valence-corrected chi connectivity index (χ4v) is 5.71. The van der Waals surface area contributed by atoms with E-state index in [1.54, 1.807) is 6.07 Å². The van der Waals surface area contributed by atoms with Crippen molar-refractivity contribution in [3.8, 4) is 0 Å². The maximum Gasteiger partial charge on any atom is 0.280 e. The zero-order chi connectivity index (χ0) is 21.5. The van der Waals surface area contributed by atoms with Crippen LogP contribution in [0.15, 0.2) is 41.4 Å². The highest BCUT2D eigenvalue weighted by atomic mass is 32.2. The average molecular weight is 431 g/mol. The van der Waals surface area contributed by atoms with Gasteiger partial charge < -0.3 is 0 Å². The Labute approximate surface area is 174 Å². The Balaban J connectivity index is 1.65. The van der Waals surface area contributed by atoms with E-state index in [4.69, 9.17) is 0 Å². The predicted octanol–water partition coefficient (Wildman–Crippen LogP) is 2.87. The molecule has 1 aliphatic heterocycles. The van der Waals surface area contributed by atoms with Crippen LogP contribution in [-0.4, -0.2) is 36.2 Å². The van der Waals surface area contributed by atoms with Gasteiger partial charge in [0.25, 0.3) is 11.8 Å². The van der Waals surface area contributed by atoms with E-state index in [-0.39, 0.29) is 40.2 Å². The van der Waals surface area contributed by atoms with Crippen LogP contribution < -0.4 is 4.72 Å². The van der Waals surface area contributed by atoms with Crippen LogP contribution in [0.25, 0.3) is 0 Å².